The van der Waals surface area contributed by atoms with E-state index in [1.807, 2.05) is 12.2 Å². The first-order valence-electron chi connectivity index (χ1n) is 5.41. The molecule has 0 aliphatic heterocycles. The highest BCUT2D eigenvalue weighted by Crippen LogP contribution is 2.54. The summed E-state index contributed by atoms with van der Waals surface area (Å²) in [7, 11) is 0. The number of allylic oxidation sites excluding steroid dienone is 3. The van der Waals surface area contributed by atoms with Crippen molar-refractivity contribution < 1.29 is 4.39 Å². The Morgan fingerprint density at radius 2 is 2.21 bits per heavy atom. The molecule has 1 fully saturated rings. The first kappa shape index (κ1) is 11.4. The molecule has 0 aromatic carbocycles. The van der Waals surface area contributed by atoms with Crippen LogP contribution in [0, 0.1) is 5.41 Å². The van der Waals surface area contributed by atoms with E-state index in [0.717, 1.165) is 18.4 Å². The average Bonchev–Trinajstić information content (AvgIpc) is 2.86. The quantitative estimate of drug-likeness (QED) is 0.674. The second kappa shape index (κ2) is 4.74. The molecule has 0 aromatic rings. The zero-order valence-electron chi connectivity index (χ0n) is 9.09. The van der Waals surface area contributed by atoms with Crippen LogP contribution in [0.25, 0.3) is 0 Å². The highest BCUT2D eigenvalue weighted by molar-refractivity contribution is 5.30. The number of nitrogens with two attached hydrogens (primary N) is 1. The summed E-state index contributed by atoms with van der Waals surface area (Å²) in [6, 6.07) is 0. The molecule has 1 aliphatic rings. The topological polar surface area (TPSA) is 26.0 Å². The molecule has 1 rings (SSSR count). The Balaban J connectivity index is 2.71. The number of rotatable bonds is 5. The van der Waals surface area contributed by atoms with Gasteiger partial charge in [-0.2, -0.15) is 0 Å². The van der Waals surface area contributed by atoms with Crippen LogP contribution < -0.4 is 5.73 Å². The lowest BCUT2D eigenvalue weighted by Gasteiger charge is -2.15. The summed E-state index contributed by atoms with van der Waals surface area (Å²) in [6.07, 6.45) is 7.94. The Kier molecular flexibility index (Phi) is 3.87. The minimum Gasteiger partial charge on any atom is -0.329 e. The lowest BCUT2D eigenvalue weighted by molar-refractivity contribution is 0.393. The molecule has 2 N–H and O–H groups in total. The molecule has 2 unspecified atom stereocenters. The van der Waals surface area contributed by atoms with Crippen LogP contribution in [0.2, 0.25) is 0 Å². The van der Waals surface area contributed by atoms with E-state index >= 15 is 0 Å². The molecule has 0 aromatic heterocycles. The number of hydrogen-bond acceptors (Lipinski definition) is 1. The molecule has 80 valence electrons. The predicted octanol–water partition coefficient (Wildman–Crippen LogP) is 2.98. The SMILES string of the molecule is CC/C=C\C=C(/CC)C1(CN)CC1F. The van der Waals surface area contributed by atoms with E-state index in [2.05, 4.69) is 19.9 Å². The zero-order valence-corrected chi connectivity index (χ0v) is 9.09. The van der Waals surface area contributed by atoms with Gasteiger partial charge in [-0.1, -0.05) is 37.6 Å². The third kappa shape index (κ3) is 2.06. The van der Waals surface area contributed by atoms with Crippen molar-refractivity contribution in [2.24, 2.45) is 11.1 Å². The molecule has 0 heterocycles. The molecular formula is C12H20FN. The van der Waals surface area contributed by atoms with Crippen LogP contribution in [0.3, 0.4) is 0 Å². The van der Waals surface area contributed by atoms with Gasteiger partial charge in [0.1, 0.15) is 6.17 Å². The minimum absolute atomic E-state index is 0.313. The number of alkyl halides is 1. The number of halogens is 1. The maximum Gasteiger partial charge on any atom is 0.112 e. The van der Waals surface area contributed by atoms with Gasteiger partial charge in [-0.15, -0.1) is 0 Å². The van der Waals surface area contributed by atoms with Gasteiger partial charge in [0.25, 0.3) is 0 Å². The Labute approximate surface area is 85.9 Å². The Bertz CT molecular complexity index is 241. The van der Waals surface area contributed by atoms with E-state index in [-0.39, 0.29) is 5.41 Å². The number of hydrogen-bond donors (Lipinski definition) is 1. The van der Waals surface area contributed by atoms with Crippen molar-refractivity contribution in [2.75, 3.05) is 6.54 Å². The lowest BCUT2D eigenvalue weighted by Crippen LogP contribution is -2.20. The smallest absolute Gasteiger partial charge is 0.112 e. The summed E-state index contributed by atoms with van der Waals surface area (Å²) in [5, 5.41) is 0. The predicted molar refractivity (Wildman–Crippen MR) is 58.8 cm³/mol. The molecule has 0 spiro atoms. The summed E-state index contributed by atoms with van der Waals surface area (Å²) in [6.45, 7) is 4.59. The summed E-state index contributed by atoms with van der Waals surface area (Å²) in [4.78, 5) is 0. The van der Waals surface area contributed by atoms with Crippen LogP contribution in [0.5, 0.6) is 0 Å². The largest absolute Gasteiger partial charge is 0.329 e. The molecule has 2 heteroatoms. The van der Waals surface area contributed by atoms with Crippen molar-refractivity contribution in [3.05, 3.63) is 23.8 Å². The average molecular weight is 197 g/mol. The van der Waals surface area contributed by atoms with Crippen molar-refractivity contribution in [3.63, 3.8) is 0 Å². The molecule has 0 amide bonds. The standard InChI is InChI=1S/C12H20FN/c1-3-5-6-7-10(4-2)12(9-14)8-11(12)13/h5-7,11H,3-4,8-9,14H2,1-2H3/b6-5-,10-7+. The molecule has 1 saturated carbocycles. The van der Waals surface area contributed by atoms with E-state index < -0.39 is 6.17 Å². The lowest BCUT2D eigenvalue weighted by atomic mass is 9.93. The molecule has 1 aliphatic carbocycles. The van der Waals surface area contributed by atoms with Crippen molar-refractivity contribution in [2.45, 2.75) is 39.3 Å². The summed E-state index contributed by atoms with van der Waals surface area (Å²) < 4.78 is 13.2. The van der Waals surface area contributed by atoms with Gasteiger partial charge in [0, 0.05) is 12.0 Å². The molecular weight excluding hydrogens is 177 g/mol. The van der Waals surface area contributed by atoms with Crippen LogP contribution in [-0.2, 0) is 0 Å². The third-order valence-corrected chi connectivity index (χ3v) is 3.04. The van der Waals surface area contributed by atoms with Gasteiger partial charge in [0.05, 0.1) is 0 Å². The summed E-state index contributed by atoms with van der Waals surface area (Å²) in [5.41, 5.74) is 6.49. The van der Waals surface area contributed by atoms with Crippen molar-refractivity contribution in [1.82, 2.24) is 0 Å². The normalized spacial score (nSPS) is 32.6. The van der Waals surface area contributed by atoms with E-state index in [4.69, 9.17) is 5.73 Å². The maximum atomic E-state index is 13.2. The van der Waals surface area contributed by atoms with Gasteiger partial charge >= 0.3 is 0 Å². The molecule has 14 heavy (non-hydrogen) atoms. The maximum absolute atomic E-state index is 13.2. The molecule has 0 saturated heterocycles. The van der Waals surface area contributed by atoms with Crippen molar-refractivity contribution >= 4 is 0 Å². The van der Waals surface area contributed by atoms with Gasteiger partial charge in [-0.05, 0) is 19.3 Å². The third-order valence-electron chi connectivity index (χ3n) is 3.04. The van der Waals surface area contributed by atoms with E-state index in [1.165, 1.54) is 0 Å². The van der Waals surface area contributed by atoms with Crippen LogP contribution in [0.4, 0.5) is 4.39 Å². The molecule has 0 radical (unpaired) electrons. The van der Waals surface area contributed by atoms with E-state index in [0.29, 0.717) is 13.0 Å². The van der Waals surface area contributed by atoms with Crippen LogP contribution in [-0.4, -0.2) is 12.7 Å². The van der Waals surface area contributed by atoms with Crippen molar-refractivity contribution in [1.29, 1.82) is 0 Å². The highest BCUT2D eigenvalue weighted by atomic mass is 19.1. The monoisotopic (exact) mass is 197 g/mol. The van der Waals surface area contributed by atoms with Gasteiger partial charge in [-0.25, -0.2) is 4.39 Å². The fraction of sp³-hybridized carbons (Fsp3) is 0.667. The van der Waals surface area contributed by atoms with Crippen LogP contribution in [0.15, 0.2) is 23.8 Å². The second-order valence-electron chi connectivity index (χ2n) is 3.91. The highest BCUT2D eigenvalue weighted by Gasteiger charge is 2.55. The van der Waals surface area contributed by atoms with Gasteiger partial charge in [0.2, 0.25) is 0 Å². The minimum atomic E-state index is -0.714. The molecule has 0 bridgehead atoms. The Morgan fingerprint density at radius 1 is 1.57 bits per heavy atom. The fourth-order valence-electron chi connectivity index (χ4n) is 1.89. The second-order valence-corrected chi connectivity index (χ2v) is 3.91. The summed E-state index contributed by atoms with van der Waals surface area (Å²) in [5.74, 6) is 0. The van der Waals surface area contributed by atoms with Gasteiger partial charge in [-0.3, -0.25) is 0 Å². The van der Waals surface area contributed by atoms with Gasteiger partial charge in [0.15, 0.2) is 0 Å². The Hall–Kier alpha value is -0.630. The van der Waals surface area contributed by atoms with Crippen LogP contribution >= 0.6 is 0 Å². The molecule has 2 atom stereocenters. The van der Waals surface area contributed by atoms with E-state index in [1.54, 1.807) is 0 Å². The molecule has 1 nitrogen and oxygen atoms in total. The van der Waals surface area contributed by atoms with Crippen LogP contribution in [0.1, 0.15) is 33.1 Å². The zero-order chi connectivity index (χ0) is 10.6. The van der Waals surface area contributed by atoms with Gasteiger partial charge < -0.3 is 5.73 Å². The van der Waals surface area contributed by atoms with Crippen molar-refractivity contribution in [3.8, 4) is 0 Å². The first-order chi connectivity index (χ1) is 6.71. The first-order valence-corrected chi connectivity index (χ1v) is 5.41. The van der Waals surface area contributed by atoms with E-state index in [9.17, 15) is 4.39 Å². The fourth-order valence-corrected chi connectivity index (χ4v) is 1.89. The summed E-state index contributed by atoms with van der Waals surface area (Å²) >= 11 is 0. The Morgan fingerprint density at radius 3 is 2.57 bits per heavy atom.